The maximum atomic E-state index is 12.8. The number of H-pyrrole nitrogens is 1. The zero-order chi connectivity index (χ0) is 16.8. The number of carbonyl (C=O) groups excluding carboxylic acids is 1. The minimum Gasteiger partial charge on any atom is -0.314 e. The third-order valence-corrected chi connectivity index (χ3v) is 4.20. The lowest BCUT2D eigenvalue weighted by Gasteiger charge is -2.10. The molecule has 1 atom stereocenters. The number of anilines is 1. The summed E-state index contributed by atoms with van der Waals surface area (Å²) < 4.78 is 12.8. The second-order valence-corrected chi connectivity index (χ2v) is 5.78. The largest absolute Gasteiger partial charge is 0.314 e. The predicted octanol–water partition coefficient (Wildman–Crippen LogP) is 2.66. The van der Waals surface area contributed by atoms with Crippen LogP contribution in [0.25, 0.3) is 0 Å². The van der Waals surface area contributed by atoms with Crippen molar-refractivity contribution < 1.29 is 9.18 Å². The smallest absolute Gasteiger partial charge is 0.230 e. The van der Waals surface area contributed by atoms with Crippen LogP contribution >= 0.6 is 11.8 Å². The highest BCUT2D eigenvalue weighted by molar-refractivity contribution is 7.99. The van der Waals surface area contributed by atoms with Crippen molar-refractivity contribution in [1.82, 2.24) is 9.97 Å². The minimum atomic E-state index is -0.341. The highest BCUT2D eigenvalue weighted by atomic mass is 32.2. The van der Waals surface area contributed by atoms with Crippen molar-refractivity contribution in [2.24, 2.45) is 5.92 Å². The lowest BCUT2D eigenvalue weighted by molar-refractivity contribution is -0.118. The van der Waals surface area contributed by atoms with E-state index >= 15 is 0 Å². The molecule has 1 aromatic heterocycles. The van der Waals surface area contributed by atoms with Gasteiger partial charge in [-0.05, 0) is 24.3 Å². The molecule has 116 valence electrons. The fourth-order valence-electron chi connectivity index (χ4n) is 1.66. The van der Waals surface area contributed by atoms with E-state index in [9.17, 15) is 9.18 Å². The molecule has 1 amide bonds. The zero-order valence-electron chi connectivity index (χ0n) is 12.1. The second-order valence-electron chi connectivity index (χ2n) is 4.69. The molecule has 2 rings (SSSR count). The molecule has 6 nitrogen and oxygen atoms in total. The zero-order valence-corrected chi connectivity index (χ0v) is 12.9. The molecule has 0 fully saturated rings. The first kappa shape index (κ1) is 16.5. The van der Waals surface area contributed by atoms with Gasteiger partial charge in [0.15, 0.2) is 11.4 Å². The van der Waals surface area contributed by atoms with Crippen molar-refractivity contribution >= 4 is 23.6 Å². The number of thioether (sulfide) groups is 1. The van der Waals surface area contributed by atoms with Crippen LogP contribution in [0.2, 0.25) is 0 Å². The fourth-order valence-corrected chi connectivity index (χ4v) is 2.58. The van der Waals surface area contributed by atoms with Gasteiger partial charge in [-0.25, -0.2) is 9.37 Å². The molecule has 8 heteroatoms. The van der Waals surface area contributed by atoms with Gasteiger partial charge in [-0.2, -0.15) is 10.5 Å². The summed E-state index contributed by atoms with van der Waals surface area (Å²) >= 11 is 1.43. The molecule has 0 bridgehead atoms. The standard InChI is InChI=1S/C15H12FN5OS/c1-9(8-23-11-4-2-10(16)3-5-11)14(22)21-15-19-12(6-17)13(7-18)20-15/h2-5,9H,8H2,1H3,(H2,19,20,21,22)/t9-/m1/s1. The quantitative estimate of drug-likeness (QED) is 0.820. The number of rotatable bonds is 5. The van der Waals surface area contributed by atoms with Crippen molar-refractivity contribution in [2.45, 2.75) is 11.8 Å². The van der Waals surface area contributed by atoms with Gasteiger partial charge in [0.2, 0.25) is 11.9 Å². The first-order valence-electron chi connectivity index (χ1n) is 6.63. The topological polar surface area (TPSA) is 105 Å². The molecule has 0 saturated heterocycles. The summed E-state index contributed by atoms with van der Waals surface area (Å²) in [6, 6.07) is 9.59. The Labute approximate surface area is 136 Å². The Bertz CT molecular complexity index is 756. The molecule has 0 radical (unpaired) electrons. The van der Waals surface area contributed by atoms with Gasteiger partial charge in [-0.1, -0.05) is 6.92 Å². The highest BCUT2D eigenvalue weighted by Crippen LogP contribution is 2.21. The molecule has 2 aromatic rings. The molecule has 1 aromatic carbocycles. The molecule has 0 aliphatic rings. The van der Waals surface area contributed by atoms with Crippen molar-refractivity contribution in [1.29, 1.82) is 10.5 Å². The van der Waals surface area contributed by atoms with Crippen molar-refractivity contribution in [2.75, 3.05) is 11.1 Å². The molecule has 0 spiro atoms. The molecule has 0 aliphatic carbocycles. The van der Waals surface area contributed by atoms with Crippen molar-refractivity contribution in [3.63, 3.8) is 0 Å². The number of aromatic amines is 1. The number of hydrogen-bond acceptors (Lipinski definition) is 5. The van der Waals surface area contributed by atoms with Gasteiger partial charge in [-0.15, -0.1) is 11.8 Å². The van der Waals surface area contributed by atoms with Crippen molar-refractivity contribution in [3.05, 3.63) is 41.5 Å². The number of nitrogens with zero attached hydrogens (tertiary/aromatic N) is 3. The van der Waals surface area contributed by atoms with Gasteiger partial charge in [0.05, 0.1) is 0 Å². The van der Waals surface area contributed by atoms with Gasteiger partial charge >= 0.3 is 0 Å². The summed E-state index contributed by atoms with van der Waals surface area (Å²) in [6.07, 6.45) is 0. The van der Waals surface area contributed by atoms with Gasteiger partial charge < -0.3 is 4.98 Å². The van der Waals surface area contributed by atoms with Crippen LogP contribution in [0.5, 0.6) is 0 Å². The number of halogens is 1. The number of nitrogens with one attached hydrogen (secondary N) is 2. The van der Waals surface area contributed by atoms with E-state index < -0.39 is 0 Å². The van der Waals surface area contributed by atoms with E-state index in [4.69, 9.17) is 10.5 Å². The Kier molecular flexibility index (Phi) is 5.34. The summed E-state index contributed by atoms with van der Waals surface area (Å²) in [5, 5.41) is 20.2. The molecule has 0 saturated carbocycles. The van der Waals surface area contributed by atoms with Crippen LogP contribution in [0.15, 0.2) is 29.2 Å². The number of nitriles is 2. The Balaban J connectivity index is 1.92. The van der Waals surface area contributed by atoms with Crippen LogP contribution in [0.4, 0.5) is 10.3 Å². The fraction of sp³-hybridized carbons (Fsp3) is 0.200. The van der Waals surface area contributed by atoms with Crippen LogP contribution in [-0.4, -0.2) is 21.6 Å². The van der Waals surface area contributed by atoms with E-state index in [1.165, 1.54) is 23.9 Å². The van der Waals surface area contributed by atoms with Crippen molar-refractivity contribution in [3.8, 4) is 12.1 Å². The van der Waals surface area contributed by atoms with Crippen LogP contribution in [0.3, 0.4) is 0 Å². The van der Waals surface area contributed by atoms with Gasteiger partial charge in [0, 0.05) is 16.6 Å². The van der Waals surface area contributed by atoms with E-state index in [0.29, 0.717) is 5.75 Å². The predicted molar refractivity (Wildman–Crippen MR) is 82.9 cm³/mol. The monoisotopic (exact) mass is 329 g/mol. The third kappa shape index (κ3) is 4.31. The Morgan fingerprint density at radius 2 is 2.09 bits per heavy atom. The lowest BCUT2D eigenvalue weighted by Crippen LogP contribution is -2.22. The van der Waals surface area contributed by atoms with Crippen LogP contribution in [0.1, 0.15) is 18.3 Å². The van der Waals surface area contributed by atoms with Crippen LogP contribution in [-0.2, 0) is 4.79 Å². The maximum Gasteiger partial charge on any atom is 0.230 e. The molecule has 23 heavy (non-hydrogen) atoms. The van der Waals surface area contributed by atoms with E-state index in [0.717, 1.165) is 4.90 Å². The minimum absolute atomic E-state index is 0.0103. The van der Waals surface area contributed by atoms with E-state index in [2.05, 4.69) is 15.3 Å². The number of benzene rings is 1. The number of hydrogen-bond donors (Lipinski definition) is 2. The number of amides is 1. The number of aromatic nitrogens is 2. The summed E-state index contributed by atoms with van der Waals surface area (Å²) in [4.78, 5) is 19.3. The van der Waals surface area contributed by atoms with Crippen LogP contribution in [0, 0.1) is 34.4 Å². The molecular weight excluding hydrogens is 317 g/mol. The molecule has 2 N–H and O–H groups in total. The Hall–Kier alpha value is -2.84. The molecule has 0 unspecified atom stereocenters. The van der Waals surface area contributed by atoms with E-state index in [-0.39, 0.29) is 35.0 Å². The summed E-state index contributed by atoms with van der Waals surface area (Å²) in [7, 11) is 0. The average molecular weight is 329 g/mol. The molecule has 1 heterocycles. The number of imidazole rings is 1. The van der Waals surface area contributed by atoms with Crippen LogP contribution < -0.4 is 5.32 Å². The maximum absolute atomic E-state index is 12.8. The number of carbonyl (C=O) groups is 1. The molecule has 0 aliphatic heterocycles. The SMILES string of the molecule is C[C@H](CSc1ccc(F)cc1)C(=O)Nc1nc(C#N)c(C#N)[nH]1. The third-order valence-electron chi connectivity index (χ3n) is 2.92. The lowest BCUT2D eigenvalue weighted by atomic mass is 10.2. The summed E-state index contributed by atoms with van der Waals surface area (Å²) in [5.74, 6) is -0.371. The highest BCUT2D eigenvalue weighted by Gasteiger charge is 2.17. The Morgan fingerprint density at radius 1 is 1.39 bits per heavy atom. The Morgan fingerprint density at radius 3 is 2.65 bits per heavy atom. The first-order valence-corrected chi connectivity index (χ1v) is 7.61. The van der Waals surface area contributed by atoms with E-state index in [1.807, 2.05) is 0 Å². The second kappa shape index (κ2) is 7.43. The summed E-state index contributed by atoms with van der Waals surface area (Å²) in [5.41, 5.74) is -0.0488. The average Bonchev–Trinajstić information content (AvgIpc) is 2.95. The van der Waals surface area contributed by atoms with E-state index in [1.54, 1.807) is 31.2 Å². The first-order chi connectivity index (χ1) is 11.0. The summed E-state index contributed by atoms with van der Waals surface area (Å²) in [6.45, 7) is 1.74. The van der Waals surface area contributed by atoms with Gasteiger partial charge in [0.25, 0.3) is 0 Å². The normalized spacial score (nSPS) is 11.3. The molecular formula is C15H12FN5OS. The van der Waals surface area contributed by atoms with Gasteiger partial charge in [-0.3, -0.25) is 10.1 Å². The van der Waals surface area contributed by atoms with Gasteiger partial charge in [0.1, 0.15) is 18.0 Å².